The lowest BCUT2D eigenvalue weighted by Crippen LogP contribution is -2.22. The van der Waals surface area contributed by atoms with E-state index in [1.807, 2.05) is 0 Å². The molecule has 1 aliphatic rings. The Morgan fingerprint density at radius 2 is 2.16 bits per heavy atom. The zero-order chi connectivity index (χ0) is 13.8. The summed E-state index contributed by atoms with van der Waals surface area (Å²) in [5, 5.41) is 4.06. The second-order valence-electron chi connectivity index (χ2n) is 6.10. The maximum atomic E-state index is 6.18. The molecular weight excluding hydrogens is 258 g/mol. The molecule has 0 saturated heterocycles. The third-order valence-electron chi connectivity index (χ3n) is 4.02. The van der Waals surface area contributed by atoms with Crippen LogP contribution in [0.5, 0.6) is 0 Å². The van der Waals surface area contributed by atoms with Crippen molar-refractivity contribution < 1.29 is 0 Å². The standard InChI is InChI=1S/C15H24ClN3/c1-10(2)13-14(16)18-9-19-15(13)17-8-12-6-4-5-11(3)7-12/h9-12H,4-8H2,1-3H3,(H,17,18,19). The molecule has 2 rings (SSSR count). The fourth-order valence-electron chi connectivity index (χ4n) is 3.01. The van der Waals surface area contributed by atoms with Crippen molar-refractivity contribution >= 4 is 17.4 Å². The van der Waals surface area contributed by atoms with Gasteiger partial charge in [0.2, 0.25) is 0 Å². The smallest absolute Gasteiger partial charge is 0.138 e. The van der Waals surface area contributed by atoms with E-state index in [4.69, 9.17) is 11.6 Å². The van der Waals surface area contributed by atoms with Crippen LogP contribution in [-0.4, -0.2) is 16.5 Å². The van der Waals surface area contributed by atoms with Gasteiger partial charge in [-0.3, -0.25) is 0 Å². The predicted molar refractivity (Wildman–Crippen MR) is 80.7 cm³/mol. The molecule has 0 amide bonds. The summed E-state index contributed by atoms with van der Waals surface area (Å²) in [6.07, 6.45) is 6.93. The normalized spacial score (nSPS) is 23.6. The van der Waals surface area contributed by atoms with Crippen molar-refractivity contribution in [3.63, 3.8) is 0 Å². The molecule has 4 heteroatoms. The fraction of sp³-hybridized carbons (Fsp3) is 0.733. The molecule has 1 heterocycles. The summed E-state index contributed by atoms with van der Waals surface area (Å²) in [7, 11) is 0. The largest absolute Gasteiger partial charge is 0.369 e. The third-order valence-corrected chi connectivity index (χ3v) is 4.32. The number of aromatic nitrogens is 2. The maximum Gasteiger partial charge on any atom is 0.138 e. The van der Waals surface area contributed by atoms with Gasteiger partial charge in [0.25, 0.3) is 0 Å². The van der Waals surface area contributed by atoms with Crippen molar-refractivity contribution in [2.24, 2.45) is 11.8 Å². The molecule has 1 N–H and O–H groups in total. The average molecular weight is 282 g/mol. The molecule has 3 nitrogen and oxygen atoms in total. The van der Waals surface area contributed by atoms with Crippen LogP contribution in [0.3, 0.4) is 0 Å². The van der Waals surface area contributed by atoms with Crippen LogP contribution in [0.15, 0.2) is 6.33 Å². The first-order valence-electron chi connectivity index (χ1n) is 7.32. The first-order valence-corrected chi connectivity index (χ1v) is 7.70. The summed E-state index contributed by atoms with van der Waals surface area (Å²) >= 11 is 6.18. The third kappa shape index (κ3) is 3.82. The molecule has 1 aromatic heterocycles. The minimum atomic E-state index is 0.335. The van der Waals surface area contributed by atoms with Gasteiger partial charge in [-0.15, -0.1) is 0 Å². The molecule has 0 radical (unpaired) electrons. The van der Waals surface area contributed by atoms with Crippen LogP contribution in [0.2, 0.25) is 5.15 Å². The molecule has 2 atom stereocenters. The van der Waals surface area contributed by atoms with Crippen LogP contribution in [0, 0.1) is 11.8 Å². The lowest BCUT2D eigenvalue weighted by Gasteiger charge is -2.27. The van der Waals surface area contributed by atoms with E-state index in [0.717, 1.165) is 29.8 Å². The highest BCUT2D eigenvalue weighted by molar-refractivity contribution is 6.30. The highest BCUT2D eigenvalue weighted by Gasteiger charge is 2.20. The lowest BCUT2D eigenvalue weighted by atomic mass is 9.82. The van der Waals surface area contributed by atoms with Crippen molar-refractivity contribution in [2.75, 3.05) is 11.9 Å². The summed E-state index contributed by atoms with van der Waals surface area (Å²) in [6.45, 7) is 7.60. The maximum absolute atomic E-state index is 6.18. The molecular formula is C15H24ClN3. The Morgan fingerprint density at radius 1 is 1.37 bits per heavy atom. The van der Waals surface area contributed by atoms with Gasteiger partial charge in [0.05, 0.1) is 0 Å². The molecule has 19 heavy (non-hydrogen) atoms. The van der Waals surface area contributed by atoms with Gasteiger partial charge in [0.15, 0.2) is 0 Å². The van der Waals surface area contributed by atoms with Crippen molar-refractivity contribution in [1.29, 1.82) is 0 Å². The van der Waals surface area contributed by atoms with Crippen molar-refractivity contribution in [3.8, 4) is 0 Å². The average Bonchev–Trinajstić information content (AvgIpc) is 2.36. The van der Waals surface area contributed by atoms with E-state index in [1.54, 1.807) is 6.33 Å². The van der Waals surface area contributed by atoms with E-state index in [0.29, 0.717) is 11.1 Å². The molecule has 0 aliphatic heterocycles. The summed E-state index contributed by atoms with van der Waals surface area (Å²) in [5.41, 5.74) is 1.04. The van der Waals surface area contributed by atoms with Gasteiger partial charge in [-0.05, 0) is 30.6 Å². The molecule has 2 unspecified atom stereocenters. The van der Waals surface area contributed by atoms with Gasteiger partial charge in [-0.1, -0.05) is 45.2 Å². The molecule has 1 saturated carbocycles. The molecule has 1 aromatic rings. The number of nitrogens with zero attached hydrogens (tertiary/aromatic N) is 2. The number of anilines is 1. The monoisotopic (exact) mass is 281 g/mol. The molecule has 1 aliphatic carbocycles. The Balaban J connectivity index is 2.01. The van der Waals surface area contributed by atoms with Crippen LogP contribution >= 0.6 is 11.6 Å². The highest BCUT2D eigenvalue weighted by atomic mass is 35.5. The number of nitrogens with one attached hydrogen (secondary N) is 1. The summed E-state index contributed by atoms with van der Waals surface area (Å²) < 4.78 is 0. The number of hydrogen-bond acceptors (Lipinski definition) is 3. The van der Waals surface area contributed by atoms with Gasteiger partial charge in [-0.2, -0.15) is 0 Å². The molecule has 0 bridgehead atoms. The van der Waals surface area contributed by atoms with Gasteiger partial charge < -0.3 is 5.32 Å². The van der Waals surface area contributed by atoms with Crippen LogP contribution in [0.1, 0.15) is 57.9 Å². The Hall–Kier alpha value is -0.830. The first-order chi connectivity index (χ1) is 9.08. The van der Waals surface area contributed by atoms with Gasteiger partial charge in [-0.25, -0.2) is 9.97 Å². The van der Waals surface area contributed by atoms with Gasteiger partial charge in [0, 0.05) is 12.1 Å². The molecule has 0 spiro atoms. The van der Waals surface area contributed by atoms with Crippen molar-refractivity contribution in [3.05, 3.63) is 17.0 Å². The molecule has 106 valence electrons. The second kappa shape index (κ2) is 6.56. The van der Waals surface area contributed by atoms with E-state index in [1.165, 1.54) is 25.7 Å². The van der Waals surface area contributed by atoms with E-state index < -0.39 is 0 Å². The van der Waals surface area contributed by atoms with E-state index in [-0.39, 0.29) is 0 Å². The van der Waals surface area contributed by atoms with E-state index in [2.05, 4.69) is 36.1 Å². The zero-order valence-electron chi connectivity index (χ0n) is 12.1. The second-order valence-corrected chi connectivity index (χ2v) is 6.46. The summed E-state index contributed by atoms with van der Waals surface area (Å²) in [5.74, 6) is 2.87. The predicted octanol–water partition coefficient (Wildman–Crippen LogP) is 4.49. The minimum Gasteiger partial charge on any atom is -0.369 e. The first kappa shape index (κ1) is 14.6. The Morgan fingerprint density at radius 3 is 2.84 bits per heavy atom. The number of hydrogen-bond donors (Lipinski definition) is 1. The van der Waals surface area contributed by atoms with E-state index in [9.17, 15) is 0 Å². The Kier molecular flexibility index (Phi) is 5.03. The summed E-state index contributed by atoms with van der Waals surface area (Å²) in [6, 6.07) is 0. The quantitative estimate of drug-likeness (QED) is 0.826. The van der Waals surface area contributed by atoms with Gasteiger partial charge >= 0.3 is 0 Å². The minimum absolute atomic E-state index is 0.335. The Labute approximate surface area is 121 Å². The summed E-state index contributed by atoms with van der Waals surface area (Å²) in [4.78, 5) is 8.44. The van der Waals surface area contributed by atoms with E-state index >= 15 is 0 Å². The zero-order valence-corrected chi connectivity index (χ0v) is 12.9. The van der Waals surface area contributed by atoms with Crippen molar-refractivity contribution in [1.82, 2.24) is 9.97 Å². The topological polar surface area (TPSA) is 37.8 Å². The molecule has 0 aromatic carbocycles. The molecule has 1 fully saturated rings. The van der Waals surface area contributed by atoms with Crippen LogP contribution in [0.4, 0.5) is 5.82 Å². The van der Waals surface area contributed by atoms with Crippen LogP contribution in [0.25, 0.3) is 0 Å². The van der Waals surface area contributed by atoms with Crippen LogP contribution in [-0.2, 0) is 0 Å². The SMILES string of the molecule is CC1CCCC(CNc2ncnc(Cl)c2C(C)C)C1. The fourth-order valence-corrected chi connectivity index (χ4v) is 3.36. The Bertz CT molecular complexity index is 420. The highest BCUT2D eigenvalue weighted by Crippen LogP contribution is 2.31. The number of rotatable bonds is 4. The van der Waals surface area contributed by atoms with Gasteiger partial charge in [0.1, 0.15) is 17.3 Å². The van der Waals surface area contributed by atoms with Crippen molar-refractivity contribution in [2.45, 2.75) is 52.4 Å². The number of halogens is 1. The van der Waals surface area contributed by atoms with Crippen LogP contribution < -0.4 is 5.32 Å². The lowest BCUT2D eigenvalue weighted by molar-refractivity contribution is 0.293.